The molecule has 1 amide bonds. The van der Waals surface area contributed by atoms with E-state index in [1.165, 1.54) is 0 Å². The zero-order valence-corrected chi connectivity index (χ0v) is 20.8. The zero-order valence-electron chi connectivity index (χ0n) is 20.8. The Balaban J connectivity index is 2.85. The Hall–Kier alpha value is -2.18. The minimum absolute atomic E-state index is 0.140. The Morgan fingerprint density at radius 2 is 1.72 bits per heavy atom. The number of carbonyl (C=O) groups is 2. The van der Waals surface area contributed by atoms with Crippen LogP contribution in [0.3, 0.4) is 0 Å². The quantitative estimate of drug-likeness (QED) is 0.229. The van der Waals surface area contributed by atoms with Crippen LogP contribution in [0.5, 0.6) is 0 Å². The third kappa shape index (κ3) is 8.75. The molecule has 0 bridgehead atoms. The Kier molecular flexibility index (Phi) is 11.1. The molecule has 0 aliphatic rings. The second kappa shape index (κ2) is 12.8. The second-order valence-electron chi connectivity index (χ2n) is 9.88. The Morgan fingerprint density at radius 1 is 1.09 bits per heavy atom. The molecule has 4 N–H and O–H groups in total. The number of ether oxygens (including phenoxy) is 1. The van der Waals surface area contributed by atoms with Crippen LogP contribution in [-0.4, -0.2) is 37.6 Å². The van der Waals surface area contributed by atoms with E-state index in [-0.39, 0.29) is 24.0 Å². The fourth-order valence-electron chi connectivity index (χ4n) is 3.98. The molecule has 6 nitrogen and oxygen atoms in total. The summed E-state index contributed by atoms with van der Waals surface area (Å²) in [6.45, 7) is 15.1. The number of nitrogens with one attached hydrogen (secondary N) is 2. The Morgan fingerprint density at radius 3 is 2.28 bits per heavy atom. The molecule has 180 valence electrons. The van der Waals surface area contributed by atoms with Crippen LogP contribution in [0.2, 0.25) is 0 Å². The van der Waals surface area contributed by atoms with Crippen LogP contribution in [0.4, 0.5) is 0 Å². The highest BCUT2D eigenvalue weighted by atomic mass is 16.5. The monoisotopic (exact) mass is 445 g/mol. The number of hydrogen-bond donors (Lipinski definition) is 3. The number of likely N-dealkylation sites (N-methyl/N-ethyl adjacent to an activating group) is 1. The number of benzene rings is 1. The molecule has 0 fully saturated rings. The fourth-order valence-corrected chi connectivity index (χ4v) is 3.98. The van der Waals surface area contributed by atoms with Crippen molar-refractivity contribution in [3.8, 4) is 0 Å². The SMILES string of the molecule is C=C(C(C)NC)C(C)(C)CC(C)(C)C(=O)NC(CCCCN)C(=O)OCc1ccccc1. The third-order valence-corrected chi connectivity index (χ3v) is 6.08. The minimum atomic E-state index is -0.695. The van der Waals surface area contributed by atoms with Gasteiger partial charge in [-0.15, -0.1) is 0 Å². The first-order chi connectivity index (χ1) is 14.9. The van der Waals surface area contributed by atoms with Crippen LogP contribution in [-0.2, 0) is 20.9 Å². The predicted molar refractivity (Wildman–Crippen MR) is 131 cm³/mol. The number of unbranched alkanes of at least 4 members (excludes halogenated alkanes) is 1. The standard InChI is InChI=1S/C26H43N3O3/c1-19(20(2)28-7)25(3,4)18-26(5,6)24(31)29-22(15-11-12-16-27)23(30)32-17-21-13-9-8-10-14-21/h8-10,13-14,20,22,28H,1,11-12,15-18,27H2,2-7H3,(H,29,31). The smallest absolute Gasteiger partial charge is 0.328 e. The molecule has 2 atom stereocenters. The van der Waals surface area contributed by atoms with Gasteiger partial charge in [-0.25, -0.2) is 4.79 Å². The van der Waals surface area contributed by atoms with E-state index >= 15 is 0 Å². The lowest BCUT2D eigenvalue weighted by Crippen LogP contribution is -2.48. The predicted octanol–water partition coefficient (Wildman–Crippen LogP) is 3.95. The summed E-state index contributed by atoms with van der Waals surface area (Å²) in [6, 6.07) is 8.96. The van der Waals surface area contributed by atoms with Crippen LogP contribution >= 0.6 is 0 Å². The second-order valence-corrected chi connectivity index (χ2v) is 9.88. The molecular weight excluding hydrogens is 402 g/mol. The van der Waals surface area contributed by atoms with Gasteiger partial charge < -0.3 is 21.1 Å². The molecule has 2 unspecified atom stereocenters. The van der Waals surface area contributed by atoms with E-state index in [2.05, 4.69) is 38.0 Å². The number of rotatable bonds is 14. The highest BCUT2D eigenvalue weighted by molar-refractivity contribution is 5.87. The topological polar surface area (TPSA) is 93.5 Å². The van der Waals surface area contributed by atoms with Crippen LogP contribution in [0.15, 0.2) is 42.5 Å². The molecule has 0 aliphatic heterocycles. The van der Waals surface area contributed by atoms with Gasteiger partial charge in [0.1, 0.15) is 12.6 Å². The number of esters is 1. The molecule has 0 heterocycles. The summed E-state index contributed by atoms with van der Waals surface area (Å²) in [4.78, 5) is 26.0. The van der Waals surface area contributed by atoms with Crippen molar-refractivity contribution < 1.29 is 14.3 Å². The van der Waals surface area contributed by atoms with E-state index in [9.17, 15) is 9.59 Å². The van der Waals surface area contributed by atoms with Crippen molar-refractivity contribution in [2.75, 3.05) is 13.6 Å². The first kappa shape index (κ1) is 27.9. The van der Waals surface area contributed by atoms with E-state index in [4.69, 9.17) is 10.5 Å². The maximum absolute atomic E-state index is 13.2. The summed E-state index contributed by atoms with van der Waals surface area (Å²) < 4.78 is 5.51. The molecular formula is C26H43N3O3. The third-order valence-electron chi connectivity index (χ3n) is 6.08. The van der Waals surface area contributed by atoms with Gasteiger partial charge in [0.25, 0.3) is 0 Å². The Bertz CT molecular complexity index is 744. The average Bonchev–Trinajstić information content (AvgIpc) is 2.75. The molecule has 0 aromatic heterocycles. The molecule has 0 saturated carbocycles. The van der Waals surface area contributed by atoms with Gasteiger partial charge in [-0.3, -0.25) is 4.79 Å². The molecule has 1 aromatic carbocycles. The highest BCUT2D eigenvalue weighted by Crippen LogP contribution is 2.40. The zero-order chi connectivity index (χ0) is 24.4. The maximum atomic E-state index is 13.2. The molecule has 0 spiro atoms. The summed E-state index contributed by atoms with van der Waals surface area (Å²) in [5.41, 5.74) is 6.62. The molecule has 0 radical (unpaired) electrons. The van der Waals surface area contributed by atoms with Gasteiger partial charge in [0.15, 0.2) is 0 Å². The van der Waals surface area contributed by atoms with Crippen molar-refractivity contribution in [3.63, 3.8) is 0 Å². The van der Waals surface area contributed by atoms with E-state index in [1.54, 1.807) is 0 Å². The van der Waals surface area contributed by atoms with E-state index in [1.807, 2.05) is 51.2 Å². The lowest BCUT2D eigenvalue weighted by molar-refractivity contribution is -0.150. The molecule has 1 aromatic rings. The van der Waals surface area contributed by atoms with E-state index < -0.39 is 17.4 Å². The van der Waals surface area contributed by atoms with Gasteiger partial charge in [0.05, 0.1) is 0 Å². The summed E-state index contributed by atoms with van der Waals surface area (Å²) in [5, 5.41) is 6.18. The number of hydrogen-bond acceptors (Lipinski definition) is 5. The molecule has 0 aliphatic carbocycles. The van der Waals surface area contributed by atoms with Crippen molar-refractivity contribution in [1.82, 2.24) is 10.6 Å². The molecule has 0 saturated heterocycles. The van der Waals surface area contributed by atoms with Gasteiger partial charge in [0, 0.05) is 11.5 Å². The highest BCUT2D eigenvalue weighted by Gasteiger charge is 2.38. The lowest BCUT2D eigenvalue weighted by Gasteiger charge is -2.38. The molecule has 32 heavy (non-hydrogen) atoms. The average molecular weight is 446 g/mol. The summed E-state index contributed by atoms with van der Waals surface area (Å²) in [5.74, 6) is -0.576. The fraction of sp³-hybridized carbons (Fsp3) is 0.615. The normalized spacial score (nSPS) is 13.8. The van der Waals surface area contributed by atoms with Crippen molar-refractivity contribution in [3.05, 3.63) is 48.0 Å². The van der Waals surface area contributed by atoms with Crippen molar-refractivity contribution >= 4 is 11.9 Å². The Labute approximate surface area is 194 Å². The largest absolute Gasteiger partial charge is 0.459 e. The first-order valence-electron chi connectivity index (χ1n) is 11.5. The number of nitrogens with two attached hydrogens (primary N) is 1. The van der Waals surface area contributed by atoms with Crippen molar-refractivity contribution in [2.45, 2.75) is 79.0 Å². The van der Waals surface area contributed by atoms with Crippen LogP contribution in [0, 0.1) is 10.8 Å². The summed E-state index contributed by atoms with van der Waals surface area (Å²) in [7, 11) is 1.90. The van der Waals surface area contributed by atoms with Crippen LogP contribution < -0.4 is 16.4 Å². The van der Waals surface area contributed by atoms with E-state index in [0.717, 1.165) is 24.0 Å². The van der Waals surface area contributed by atoms with Gasteiger partial charge in [-0.1, -0.05) is 70.2 Å². The first-order valence-corrected chi connectivity index (χ1v) is 11.5. The van der Waals surface area contributed by atoms with Crippen molar-refractivity contribution in [1.29, 1.82) is 0 Å². The van der Waals surface area contributed by atoms with Gasteiger partial charge >= 0.3 is 5.97 Å². The van der Waals surface area contributed by atoms with Crippen LogP contribution in [0.1, 0.15) is 65.9 Å². The number of carbonyl (C=O) groups excluding carboxylic acids is 2. The van der Waals surface area contributed by atoms with Gasteiger partial charge in [0.2, 0.25) is 5.91 Å². The van der Waals surface area contributed by atoms with Gasteiger partial charge in [-0.2, -0.15) is 0 Å². The summed E-state index contributed by atoms with van der Waals surface area (Å²) in [6.07, 6.45) is 2.63. The molecule has 1 rings (SSSR count). The number of amides is 1. The minimum Gasteiger partial charge on any atom is -0.459 e. The van der Waals surface area contributed by atoms with Crippen molar-refractivity contribution in [2.24, 2.45) is 16.6 Å². The summed E-state index contributed by atoms with van der Waals surface area (Å²) >= 11 is 0. The lowest BCUT2D eigenvalue weighted by atomic mass is 9.69. The van der Waals surface area contributed by atoms with E-state index in [0.29, 0.717) is 19.4 Å². The van der Waals surface area contributed by atoms with Gasteiger partial charge in [-0.05, 0) is 57.2 Å². The maximum Gasteiger partial charge on any atom is 0.328 e. The molecule has 6 heteroatoms. The van der Waals surface area contributed by atoms with Crippen LogP contribution in [0.25, 0.3) is 0 Å².